The van der Waals surface area contributed by atoms with E-state index in [9.17, 15) is 0 Å². The Morgan fingerprint density at radius 2 is 1.57 bits per heavy atom. The van der Waals surface area contributed by atoms with Crippen LogP contribution < -0.4 is 5.19 Å². The van der Waals surface area contributed by atoms with Crippen LogP contribution in [0.5, 0.6) is 0 Å². The third kappa shape index (κ3) is 2.44. The molecule has 0 unspecified atom stereocenters. The third-order valence-corrected chi connectivity index (χ3v) is 7.51. The number of imidazole rings is 1. The average molecular weight is 385 g/mol. The average Bonchev–Trinajstić information content (AvgIpc) is 3.25. The summed E-state index contributed by atoms with van der Waals surface area (Å²) in [6.07, 6.45) is 0.867. The number of aryl methyl sites for hydroxylation is 1. The van der Waals surface area contributed by atoms with Crippen LogP contribution in [0.25, 0.3) is 38.7 Å². The van der Waals surface area contributed by atoms with Crippen molar-refractivity contribution in [2.45, 2.75) is 33.0 Å². The van der Waals surface area contributed by atoms with E-state index >= 15 is 0 Å². The van der Waals surface area contributed by atoms with Gasteiger partial charge in [0.2, 0.25) is 0 Å². The van der Waals surface area contributed by atoms with Crippen molar-refractivity contribution in [3.8, 4) is 5.69 Å². The smallest absolute Gasteiger partial charge is 0.159 e. The van der Waals surface area contributed by atoms with Gasteiger partial charge in [-0.3, -0.25) is 4.57 Å². The zero-order chi connectivity index (χ0) is 19.5. The van der Waals surface area contributed by atoms with Gasteiger partial charge in [0.15, 0.2) is 5.58 Å². The van der Waals surface area contributed by atoms with E-state index in [4.69, 9.17) is 9.40 Å². The summed E-state index contributed by atoms with van der Waals surface area (Å²) in [5.41, 5.74) is 5.21. The summed E-state index contributed by atoms with van der Waals surface area (Å²) in [5, 5.41) is 3.75. The van der Waals surface area contributed by atoms with E-state index in [-0.39, 0.29) is 0 Å². The second-order valence-electron chi connectivity index (χ2n) is 8.39. The SMILES string of the molecule is CCc1nc2ccccc2n1-c1cccc2c1oc1c([Si](C)(C)C)cccc12. The predicted octanol–water partition coefficient (Wildman–Crippen LogP) is 6.03. The lowest BCUT2D eigenvalue weighted by Crippen LogP contribution is -2.37. The molecule has 0 N–H and O–H groups in total. The van der Waals surface area contributed by atoms with Crippen molar-refractivity contribution in [1.82, 2.24) is 9.55 Å². The van der Waals surface area contributed by atoms with Gasteiger partial charge in [-0.25, -0.2) is 4.98 Å². The molecule has 0 saturated carbocycles. The molecule has 0 atom stereocenters. The zero-order valence-electron chi connectivity index (χ0n) is 16.8. The van der Waals surface area contributed by atoms with Crippen LogP contribution in [0.3, 0.4) is 0 Å². The number of para-hydroxylation sites is 4. The molecule has 0 aliphatic carbocycles. The summed E-state index contributed by atoms with van der Waals surface area (Å²) < 4.78 is 8.86. The lowest BCUT2D eigenvalue weighted by atomic mass is 10.1. The van der Waals surface area contributed by atoms with Crippen molar-refractivity contribution in [3.05, 3.63) is 66.5 Å². The first-order valence-corrected chi connectivity index (χ1v) is 13.4. The van der Waals surface area contributed by atoms with E-state index in [1.807, 2.05) is 6.07 Å². The molecule has 3 nitrogen and oxygen atoms in total. The molecule has 0 spiro atoms. The molecule has 0 radical (unpaired) electrons. The van der Waals surface area contributed by atoms with Gasteiger partial charge in [0, 0.05) is 17.2 Å². The second kappa shape index (κ2) is 6.08. The first-order chi connectivity index (χ1) is 13.5. The van der Waals surface area contributed by atoms with Gasteiger partial charge in [0.25, 0.3) is 0 Å². The maximum atomic E-state index is 6.60. The molecule has 2 heterocycles. The zero-order valence-corrected chi connectivity index (χ0v) is 17.8. The van der Waals surface area contributed by atoms with Crippen LogP contribution in [-0.4, -0.2) is 17.6 Å². The number of fused-ring (bicyclic) bond motifs is 4. The molecule has 140 valence electrons. The standard InChI is InChI=1S/C24H24N2OSi/c1-5-22-25-18-12-6-7-13-19(18)26(22)20-14-8-10-16-17-11-9-15-21(28(2,3)4)24(17)27-23(16)20/h6-15H,5H2,1-4H3. The lowest BCUT2D eigenvalue weighted by Gasteiger charge is -2.16. The van der Waals surface area contributed by atoms with Gasteiger partial charge in [0.1, 0.15) is 11.4 Å². The van der Waals surface area contributed by atoms with Crippen molar-refractivity contribution in [2.24, 2.45) is 0 Å². The Hall–Kier alpha value is -2.85. The number of aromatic nitrogens is 2. The highest BCUT2D eigenvalue weighted by atomic mass is 28.3. The Morgan fingerprint density at radius 3 is 2.32 bits per heavy atom. The predicted molar refractivity (Wildman–Crippen MR) is 121 cm³/mol. The van der Waals surface area contributed by atoms with E-state index in [0.717, 1.165) is 40.1 Å². The maximum absolute atomic E-state index is 6.60. The van der Waals surface area contributed by atoms with E-state index < -0.39 is 8.07 Å². The molecule has 0 fully saturated rings. The fraction of sp³-hybridized carbons (Fsp3) is 0.208. The second-order valence-corrected chi connectivity index (χ2v) is 13.4. The highest BCUT2D eigenvalue weighted by molar-refractivity contribution is 6.90. The normalized spacial score (nSPS) is 12.4. The first kappa shape index (κ1) is 17.3. The quantitative estimate of drug-likeness (QED) is 0.355. The topological polar surface area (TPSA) is 31.0 Å². The van der Waals surface area contributed by atoms with Gasteiger partial charge in [-0.1, -0.05) is 69.0 Å². The minimum Gasteiger partial charge on any atom is -0.454 e. The third-order valence-electron chi connectivity index (χ3n) is 5.50. The van der Waals surface area contributed by atoms with Crippen molar-refractivity contribution in [1.29, 1.82) is 0 Å². The van der Waals surface area contributed by atoms with Crippen LogP contribution in [0, 0.1) is 0 Å². The molecular formula is C24H24N2OSi. The van der Waals surface area contributed by atoms with Crippen LogP contribution in [0.15, 0.2) is 65.1 Å². The molecule has 4 heteroatoms. The van der Waals surface area contributed by atoms with Gasteiger partial charge in [0.05, 0.1) is 24.8 Å². The Kier molecular flexibility index (Phi) is 3.74. The Balaban J connectivity index is 1.91. The maximum Gasteiger partial charge on any atom is 0.159 e. The van der Waals surface area contributed by atoms with Crippen molar-refractivity contribution >= 4 is 46.2 Å². The summed E-state index contributed by atoms with van der Waals surface area (Å²) >= 11 is 0. The molecule has 5 rings (SSSR count). The minimum atomic E-state index is -1.52. The monoisotopic (exact) mass is 384 g/mol. The number of nitrogens with zero attached hydrogens (tertiary/aromatic N) is 2. The molecule has 0 amide bonds. The summed E-state index contributed by atoms with van der Waals surface area (Å²) in [7, 11) is -1.52. The molecule has 2 aromatic heterocycles. The van der Waals surface area contributed by atoms with Crippen LogP contribution in [-0.2, 0) is 6.42 Å². The summed E-state index contributed by atoms with van der Waals surface area (Å²) in [5.74, 6) is 1.06. The van der Waals surface area contributed by atoms with Crippen molar-refractivity contribution in [3.63, 3.8) is 0 Å². The van der Waals surface area contributed by atoms with E-state index in [0.29, 0.717) is 0 Å². The number of furan rings is 1. The first-order valence-electron chi connectivity index (χ1n) is 9.90. The van der Waals surface area contributed by atoms with Crippen molar-refractivity contribution < 1.29 is 4.42 Å². The van der Waals surface area contributed by atoms with E-state index in [1.165, 1.54) is 16.0 Å². The van der Waals surface area contributed by atoms with Gasteiger partial charge in [-0.15, -0.1) is 0 Å². The molecule has 5 aromatic rings. The number of hydrogen-bond acceptors (Lipinski definition) is 2. The Morgan fingerprint density at radius 1 is 0.857 bits per heavy atom. The van der Waals surface area contributed by atoms with E-state index in [1.54, 1.807) is 0 Å². The number of benzene rings is 3. The molecule has 0 aliphatic heterocycles. The van der Waals surface area contributed by atoms with Crippen LogP contribution in [0.2, 0.25) is 19.6 Å². The van der Waals surface area contributed by atoms with E-state index in [2.05, 4.69) is 85.7 Å². The number of rotatable bonds is 3. The van der Waals surface area contributed by atoms with Gasteiger partial charge in [-0.05, 0) is 23.4 Å². The fourth-order valence-corrected chi connectivity index (χ4v) is 5.62. The van der Waals surface area contributed by atoms with Crippen LogP contribution in [0.4, 0.5) is 0 Å². The largest absolute Gasteiger partial charge is 0.454 e. The fourth-order valence-electron chi connectivity index (χ4n) is 4.15. The molecular weight excluding hydrogens is 360 g/mol. The van der Waals surface area contributed by atoms with Gasteiger partial charge >= 0.3 is 0 Å². The minimum absolute atomic E-state index is 0.867. The molecule has 3 aromatic carbocycles. The molecule has 0 aliphatic rings. The molecule has 0 bridgehead atoms. The Labute approximate surface area is 165 Å². The van der Waals surface area contributed by atoms with Crippen LogP contribution >= 0.6 is 0 Å². The number of hydrogen-bond donors (Lipinski definition) is 0. The van der Waals surface area contributed by atoms with Crippen LogP contribution in [0.1, 0.15) is 12.7 Å². The highest BCUT2D eigenvalue weighted by Crippen LogP contribution is 2.34. The summed E-state index contributed by atoms with van der Waals surface area (Å²) in [6.45, 7) is 9.26. The van der Waals surface area contributed by atoms with Crippen molar-refractivity contribution in [2.75, 3.05) is 0 Å². The summed E-state index contributed by atoms with van der Waals surface area (Å²) in [6, 6.07) is 21.4. The van der Waals surface area contributed by atoms with Gasteiger partial charge in [-0.2, -0.15) is 0 Å². The lowest BCUT2D eigenvalue weighted by molar-refractivity contribution is 0.667. The molecule has 0 saturated heterocycles. The molecule has 28 heavy (non-hydrogen) atoms. The summed E-state index contributed by atoms with van der Waals surface area (Å²) in [4.78, 5) is 4.85. The Bertz CT molecular complexity index is 1340. The van der Waals surface area contributed by atoms with Gasteiger partial charge < -0.3 is 4.42 Å². The highest BCUT2D eigenvalue weighted by Gasteiger charge is 2.24.